The SMILES string of the molecule is CCC(=O)c1ccc(N2CCN(S(=O)(=O)c3ccc4ccccc4c3)CC2)nc1. The van der Waals surface area contributed by atoms with Gasteiger partial charge in [0.25, 0.3) is 0 Å². The highest BCUT2D eigenvalue weighted by atomic mass is 32.2. The first kappa shape index (κ1) is 19.5. The lowest BCUT2D eigenvalue weighted by molar-refractivity contribution is 0.0988. The van der Waals surface area contributed by atoms with Crippen molar-refractivity contribution >= 4 is 32.4 Å². The summed E-state index contributed by atoms with van der Waals surface area (Å²) in [6.07, 6.45) is 2.05. The number of ketones is 1. The quantitative estimate of drug-likeness (QED) is 0.605. The van der Waals surface area contributed by atoms with E-state index >= 15 is 0 Å². The van der Waals surface area contributed by atoms with Gasteiger partial charge in [0.05, 0.1) is 4.90 Å². The van der Waals surface area contributed by atoms with E-state index in [9.17, 15) is 13.2 Å². The first-order valence-electron chi connectivity index (χ1n) is 9.72. The number of sulfonamides is 1. The van der Waals surface area contributed by atoms with Crippen LogP contribution >= 0.6 is 0 Å². The van der Waals surface area contributed by atoms with Crippen molar-refractivity contribution in [3.8, 4) is 0 Å². The summed E-state index contributed by atoms with van der Waals surface area (Å²) in [5, 5.41) is 1.94. The smallest absolute Gasteiger partial charge is 0.243 e. The molecule has 0 saturated carbocycles. The van der Waals surface area contributed by atoms with Gasteiger partial charge >= 0.3 is 0 Å². The van der Waals surface area contributed by atoms with E-state index in [1.165, 1.54) is 4.31 Å². The summed E-state index contributed by atoms with van der Waals surface area (Å²) in [4.78, 5) is 18.5. The Morgan fingerprint density at radius 3 is 2.34 bits per heavy atom. The van der Waals surface area contributed by atoms with Gasteiger partial charge in [-0.2, -0.15) is 4.31 Å². The number of hydrogen-bond donors (Lipinski definition) is 0. The molecule has 7 heteroatoms. The van der Waals surface area contributed by atoms with Gasteiger partial charge in [-0.1, -0.05) is 37.3 Å². The summed E-state index contributed by atoms with van der Waals surface area (Å²) in [7, 11) is -3.54. The second-order valence-corrected chi connectivity index (χ2v) is 9.02. The number of Topliss-reactive ketones (excluding diaryl/α,β-unsaturated/α-hetero) is 1. The van der Waals surface area contributed by atoms with Crippen LogP contribution in [-0.2, 0) is 10.0 Å². The molecule has 1 aliphatic heterocycles. The van der Waals surface area contributed by atoms with Crippen molar-refractivity contribution in [3.05, 3.63) is 66.4 Å². The Hall–Kier alpha value is -2.77. The van der Waals surface area contributed by atoms with E-state index < -0.39 is 10.0 Å². The van der Waals surface area contributed by atoms with Gasteiger partial charge < -0.3 is 4.90 Å². The molecule has 0 aliphatic carbocycles. The summed E-state index contributed by atoms with van der Waals surface area (Å²) >= 11 is 0. The minimum atomic E-state index is -3.54. The van der Waals surface area contributed by atoms with Crippen LogP contribution in [0.5, 0.6) is 0 Å². The van der Waals surface area contributed by atoms with Gasteiger partial charge in [-0.3, -0.25) is 4.79 Å². The highest BCUT2D eigenvalue weighted by molar-refractivity contribution is 7.89. The predicted octanol–water partition coefficient (Wildman–Crippen LogP) is 3.34. The number of fused-ring (bicyclic) bond motifs is 1. The average molecular weight is 410 g/mol. The van der Waals surface area contributed by atoms with Crippen molar-refractivity contribution in [1.82, 2.24) is 9.29 Å². The van der Waals surface area contributed by atoms with Crippen molar-refractivity contribution in [1.29, 1.82) is 0 Å². The molecule has 6 nitrogen and oxygen atoms in total. The average Bonchev–Trinajstić information content (AvgIpc) is 2.78. The maximum atomic E-state index is 13.1. The van der Waals surface area contributed by atoms with Crippen LogP contribution in [0.1, 0.15) is 23.7 Å². The molecule has 4 rings (SSSR count). The van der Waals surface area contributed by atoms with E-state index in [0.717, 1.165) is 16.6 Å². The molecule has 2 aromatic carbocycles. The number of anilines is 1. The first-order chi connectivity index (χ1) is 14.0. The lowest BCUT2D eigenvalue weighted by Gasteiger charge is -2.34. The zero-order chi connectivity index (χ0) is 20.4. The van der Waals surface area contributed by atoms with Crippen molar-refractivity contribution in [2.45, 2.75) is 18.2 Å². The van der Waals surface area contributed by atoms with Crippen LogP contribution < -0.4 is 4.90 Å². The second kappa shape index (κ2) is 7.93. The van der Waals surface area contributed by atoms with E-state index in [1.54, 1.807) is 24.4 Å². The number of pyridine rings is 1. The third-order valence-corrected chi connectivity index (χ3v) is 7.21. The topological polar surface area (TPSA) is 70.6 Å². The van der Waals surface area contributed by atoms with Crippen LogP contribution in [-0.4, -0.2) is 49.7 Å². The number of hydrogen-bond acceptors (Lipinski definition) is 5. The highest BCUT2D eigenvalue weighted by Crippen LogP contribution is 2.24. The standard InChI is InChI=1S/C22H23N3O3S/c1-2-21(26)19-8-10-22(23-16-19)24-11-13-25(14-12-24)29(27,28)20-9-7-17-5-3-4-6-18(17)15-20/h3-10,15-16H,2,11-14H2,1H3. The number of benzene rings is 2. The zero-order valence-electron chi connectivity index (χ0n) is 16.3. The molecule has 1 aromatic heterocycles. The van der Waals surface area contributed by atoms with E-state index in [1.807, 2.05) is 48.2 Å². The summed E-state index contributed by atoms with van der Waals surface area (Å²) in [6.45, 7) is 3.73. The maximum Gasteiger partial charge on any atom is 0.243 e. The third-order valence-electron chi connectivity index (χ3n) is 5.31. The molecular weight excluding hydrogens is 386 g/mol. The van der Waals surface area contributed by atoms with Gasteiger partial charge in [0.1, 0.15) is 5.82 Å². The van der Waals surface area contributed by atoms with Crippen LogP contribution in [0.3, 0.4) is 0 Å². The van der Waals surface area contributed by atoms with Crippen molar-refractivity contribution in [3.63, 3.8) is 0 Å². The van der Waals surface area contributed by atoms with Gasteiger partial charge in [0, 0.05) is 44.4 Å². The molecule has 0 radical (unpaired) electrons. The molecular formula is C22H23N3O3S. The Kier molecular flexibility index (Phi) is 5.34. The summed E-state index contributed by atoms with van der Waals surface area (Å²) < 4.78 is 27.7. The van der Waals surface area contributed by atoms with Crippen LogP contribution in [0.15, 0.2) is 65.7 Å². The van der Waals surface area contributed by atoms with E-state index in [2.05, 4.69) is 4.98 Å². The lowest BCUT2D eigenvalue weighted by atomic mass is 10.1. The van der Waals surface area contributed by atoms with E-state index in [0.29, 0.717) is 43.1 Å². The fraction of sp³-hybridized carbons (Fsp3) is 0.273. The predicted molar refractivity (Wildman–Crippen MR) is 114 cm³/mol. The second-order valence-electron chi connectivity index (χ2n) is 7.08. The largest absolute Gasteiger partial charge is 0.354 e. The van der Waals surface area contributed by atoms with Gasteiger partial charge in [0.15, 0.2) is 5.78 Å². The number of nitrogens with zero attached hydrogens (tertiary/aromatic N) is 3. The minimum Gasteiger partial charge on any atom is -0.354 e. The van der Waals surface area contributed by atoms with Gasteiger partial charge in [-0.05, 0) is 35.0 Å². The Labute approximate surface area is 170 Å². The first-order valence-corrected chi connectivity index (χ1v) is 11.2. The van der Waals surface area contributed by atoms with Crippen molar-refractivity contribution < 1.29 is 13.2 Å². The van der Waals surface area contributed by atoms with Gasteiger partial charge in [-0.15, -0.1) is 0 Å². The molecule has 1 saturated heterocycles. The lowest BCUT2D eigenvalue weighted by Crippen LogP contribution is -2.48. The normalized spacial score (nSPS) is 15.6. The Morgan fingerprint density at radius 2 is 1.69 bits per heavy atom. The van der Waals surface area contributed by atoms with Crippen molar-refractivity contribution in [2.75, 3.05) is 31.1 Å². The molecule has 0 bridgehead atoms. The van der Waals surface area contributed by atoms with Crippen LogP contribution in [0.4, 0.5) is 5.82 Å². The fourth-order valence-corrected chi connectivity index (χ4v) is 5.03. The molecule has 0 amide bonds. The number of carbonyl (C=O) groups is 1. The summed E-state index contributed by atoms with van der Waals surface area (Å²) in [6, 6.07) is 16.6. The number of piperazine rings is 1. The molecule has 150 valence electrons. The maximum absolute atomic E-state index is 13.1. The molecule has 0 N–H and O–H groups in total. The third kappa shape index (κ3) is 3.88. The molecule has 29 heavy (non-hydrogen) atoms. The van der Waals surface area contributed by atoms with Crippen molar-refractivity contribution in [2.24, 2.45) is 0 Å². The molecule has 0 unspecified atom stereocenters. The van der Waals surface area contributed by atoms with Crippen LogP contribution in [0, 0.1) is 0 Å². The summed E-state index contributed by atoms with van der Waals surface area (Å²) in [5.74, 6) is 0.829. The van der Waals surface area contributed by atoms with E-state index in [-0.39, 0.29) is 5.78 Å². The molecule has 1 aliphatic rings. The van der Waals surface area contributed by atoms with Gasteiger partial charge in [-0.25, -0.2) is 13.4 Å². The van der Waals surface area contributed by atoms with E-state index in [4.69, 9.17) is 0 Å². The number of carbonyl (C=O) groups excluding carboxylic acids is 1. The Bertz CT molecular complexity index is 1140. The summed E-state index contributed by atoms with van der Waals surface area (Å²) in [5.41, 5.74) is 0.605. The Balaban J connectivity index is 1.47. The van der Waals surface area contributed by atoms with Crippen LogP contribution in [0.25, 0.3) is 10.8 Å². The molecule has 1 fully saturated rings. The minimum absolute atomic E-state index is 0.0651. The monoisotopic (exact) mass is 409 g/mol. The van der Waals surface area contributed by atoms with Gasteiger partial charge in [0.2, 0.25) is 10.0 Å². The zero-order valence-corrected chi connectivity index (χ0v) is 17.1. The highest BCUT2D eigenvalue weighted by Gasteiger charge is 2.29. The number of aromatic nitrogens is 1. The molecule has 3 aromatic rings. The molecule has 2 heterocycles. The molecule has 0 spiro atoms. The fourth-order valence-electron chi connectivity index (χ4n) is 3.58. The Morgan fingerprint density at radius 1 is 0.966 bits per heavy atom. The molecule has 0 atom stereocenters. The number of rotatable bonds is 5. The van der Waals surface area contributed by atoms with Crippen LogP contribution in [0.2, 0.25) is 0 Å².